The van der Waals surface area contributed by atoms with Gasteiger partial charge in [0.05, 0.1) is 6.10 Å². The molecule has 2 aliphatic rings. The Kier molecular flexibility index (Phi) is 2.38. The Morgan fingerprint density at radius 3 is 3.09 bits per heavy atom. The lowest BCUT2D eigenvalue weighted by atomic mass is 10.1. The molecule has 2 rings (SSSR count). The van der Waals surface area contributed by atoms with Gasteiger partial charge in [0.2, 0.25) is 0 Å². The molecule has 0 saturated carbocycles. The van der Waals surface area contributed by atoms with E-state index in [0.29, 0.717) is 11.5 Å². The molecule has 0 radical (unpaired) electrons. The molecule has 0 aromatic rings. The SMILES string of the molecule is C1=CSC(C2CCCCO2)N1. The van der Waals surface area contributed by atoms with E-state index in [1.807, 2.05) is 18.0 Å². The minimum absolute atomic E-state index is 0.434. The van der Waals surface area contributed by atoms with E-state index in [1.165, 1.54) is 19.3 Å². The third-order valence-electron chi connectivity index (χ3n) is 2.11. The Balaban J connectivity index is 1.83. The molecule has 0 spiro atoms. The van der Waals surface area contributed by atoms with Gasteiger partial charge in [-0.25, -0.2) is 0 Å². The molecule has 2 unspecified atom stereocenters. The Morgan fingerprint density at radius 1 is 1.45 bits per heavy atom. The second kappa shape index (κ2) is 3.50. The number of hydrogen-bond acceptors (Lipinski definition) is 3. The van der Waals surface area contributed by atoms with E-state index in [-0.39, 0.29) is 0 Å². The van der Waals surface area contributed by atoms with Crippen molar-refractivity contribution in [2.45, 2.75) is 30.7 Å². The van der Waals surface area contributed by atoms with Crippen LogP contribution in [-0.4, -0.2) is 18.1 Å². The summed E-state index contributed by atoms with van der Waals surface area (Å²) >= 11 is 1.83. The van der Waals surface area contributed by atoms with Gasteiger partial charge in [-0.3, -0.25) is 0 Å². The minimum atomic E-state index is 0.434. The minimum Gasteiger partial charge on any atom is -0.376 e. The molecule has 2 atom stereocenters. The van der Waals surface area contributed by atoms with Crippen molar-refractivity contribution in [1.29, 1.82) is 0 Å². The maximum Gasteiger partial charge on any atom is 0.102 e. The summed E-state index contributed by atoms with van der Waals surface area (Å²) in [6.07, 6.45) is 6.22. The van der Waals surface area contributed by atoms with Crippen molar-refractivity contribution in [1.82, 2.24) is 5.32 Å². The lowest BCUT2D eigenvalue weighted by Crippen LogP contribution is -2.36. The summed E-state index contributed by atoms with van der Waals surface area (Å²) in [4.78, 5) is 0. The molecule has 62 valence electrons. The fraction of sp³-hybridized carbons (Fsp3) is 0.750. The quantitative estimate of drug-likeness (QED) is 0.648. The largest absolute Gasteiger partial charge is 0.376 e. The van der Waals surface area contributed by atoms with Gasteiger partial charge in [0, 0.05) is 12.8 Å². The lowest BCUT2D eigenvalue weighted by molar-refractivity contribution is 0.0127. The molecule has 0 aromatic heterocycles. The summed E-state index contributed by atoms with van der Waals surface area (Å²) in [5.41, 5.74) is 0. The van der Waals surface area contributed by atoms with E-state index in [0.717, 1.165) is 6.61 Å². The Labute approximate surface area is 71.4 Å². The zero-order valence-electron chi connectivity index (χ0n) is 6.45. The first-order chi connectivity index (χ1) is 5.47. The molecule has 2 heterocycles. The number of ether oxygens (including phenoxy) is 1. The van der Waals surface area contributed by atoms with Crippen molar-refractivity contribution in [3.05, 3.63) is 11.6 Å². The zero-order chi connectivity index (χ0) is 7.52. The number of nitrogens with one attached hydrogen (secondary N) is 1. The highest BCUT2D eigenvalue weighted by molar-refractivity contribution is 8.02. The molecule has 2 aliphatic heterocycles. The smallest absolute Gasteiger partial charge is 0.102 e. The van der Waals surface area contributed by atoms with E-state index in [9.17, 15) is 0 Å². The summed E-state index contributed by atoms with van der Waals surface area (Å²) in [5.74, 6) is 0. The Bertz CT molecular complexity index is 146. The van der Waals surface area contributed by atoms with Gasteiger partial charge in [-0.15, -0.1) is 11.8 Å². The molecule has 3 heteroatoms. The average molecular weight is 171 g/mol. The topological polar surface area (TPSA) is 21.3 Å². The number of thioether (sulfide) groups is 1. The molecule has 0 aromatic carbocycles. The van der Waals surface area contributed by atoms with Gasteiger partial charge < -0.3 is 10.1 Å². The molecule has 2 nitrogen and oxygen atoms in total. The standard InChI is InChI=1S/C8H13NOS/c1-2-5-10-7(3-1)8-9-4-6-11-8/h4,6-9H,1-3,5H2. The van der Waals surface area contributed by atoms with Gasteiger partial charge in [0.15, 0.2) is 0 Å². The maximum absolute atomic E-state index is 5.64. The lowest BCUT2D eigenvalue weighted by Gasteiger charge is -2.27. The Morgan fingerprint density at radius 2 is 2.45 bits per heavy atom. The van der Waals surface area contributed by atoms with Crippen LogP contribution in [0.3, 0.4) is 0 Å². The monoisotopic (exact) mass is 171 g/mol. The first-order valence-corrected chi connectivity index (χ1v) is 5.09. The van der Waals surface area contributed by atoms with Crippen molar-refractivity contribution in [2.24, 2.45) is 0 Å². The van der Waals surface area contributed by atoms with Crippen molar-refractivity contribution in [2.75, 3.05) is 6.61 Å². The average Bonchev–Trinajstić information content (AvgIpc) is 2.58. The van der Waals surface area contributed by atoms with Gasteiger partial charge in [0.1, 0.15) is 5.37 Å². The third-order valence-corrected chi connectivity index (χ3v) is 3.13. The molecule has 0 amide bonds. The molecule has 0 bridgehead atoms. The van der Waals surface area contributed by atoms with Gasteiger partial charge in [-0.1, -0.05) is 0 Å². The molecule has 0 aliphatic carbocycles. The van der Waals surface area contributed by atoms with Crippen LogP contribution in [0.1, 0.15) is 19.3 Å². The van der Waals surface area contributed by atoms with E-state index in [4.69, 9.17) is 4.74 Å². The van der Waals surface area contributed by atoms with Crippen LogP contribution >= 0.6 is 11.8 Å². The molecule has 1 saturated heterocycles. The van der Waals surface area contributed by atoms with Crippen molar-refractivity contribution >= 4 is 11.8 Å². The molecule has 11 heavy (non-hydrogen) atoms. The van der Waals surface area contributed by atoms with Gasteiger partial charge in [-0.2, -0.15) is 0 Å². The first-order valence-electron chi connectivity index (χ1n) is 4.15. The van der Waals surface area contributed by atoms with Crippen LogP contribution in [0.2, 0.25) is 0 Å². The summed E-state index contributed by atoms with van der Waals surface area (Å²) in [6, 6.07) is 0. The second-order valence-corrected chi connectivity index (χ2v) is 3.98. The summed E-state index contributed by atoms with van der Waals surface area (Å²) in [6.45, 7) is 0.948. The van der Waals surface area contributed by atoms with Crippen LogP contribution < -0.4 is 5.32 Å². The Hall–Kier alpha value is -0.150. The van der Waals surface area contributed by atoms with E-state index in [1.54, 1.807) is 0 Å². The normalized spacial score (nSPS) is 37.1. The van der Waals surface area contributed by atoms with E-state index in [2.05, 4.69) is 10.7 Å². The number of rotatable bonds is 1. The van der Waals surface area contributed by atoms with Crippen LogP contribution in [0, 0.1) is 0 Å². The summed E-state index contributed by atoms with van der Waals surface area (Å²) < 4.78 is 5.64. The second-order valence-electron chi connectivity index (χ2n) is 2.93. The fourth-order valence-corrected chi connectivity index (χ4v) is 2.37. The van der Waals surface area contributed by atoms with Crippen LogP contribution in [0.15, 0.2) is 11.6 Å². The summed E-state index contributed by atoms with van der Waals surface area (Å²) in [7, 11) is 0. The number of hydrogen-bond donors (Lipinski definition) is 1. The van der Waals surface area contributed by atoms with Crippen molar-refractivity contribution < 1.29 is 4.74 Å². The molecular formula is C8H13NOS. The van der Waals surface area contributed by atoms with E-state index >= 15 is 0 Å². The van der Waals surface area contributed by atoms with Crippen LogP contribution in [0.25, 0.3) is 0 Å². The molecule has 1 fully saturated rings. The van der Waals surface area contributed by atoms with Crippen LogP contribution in [0.5, 0.6) is 0 Å². The van der Waals surface area contributed by atoms with Crippen LogP contribution in [-0.2, 0) is 4.74 Å². The van der Waals surface area contributed by atoms with Crippen LogP contribution in [0.4, 0.5) is 0 Å². The van der Waals surface area contributed by atoms with Gasteiger partial charge >= 0.3 is 0 Å². The summed E-state index contributed by atoms with van der Waals surface area (Å²) in [5, 5.41) is 5.87. The maximum atomic E-state index is 5.64. The van der Waals surface area contributed by atoms with Gasteiger partial charge in [0.25, 0.3) is 0 Å². The fourth-order valence-electron chi connectivity index (χ4n) is 1.50. The third kappa shape index (κ3) is 1.71. The highest BCUT2D eigenvalue weighted by Gasteiger charge is 2.24. The van der Waals surface area contributed by atoms with E-state index < -0.39 is 0 Å². The van der Waals surface area contributed by atoms with Crippen molar-refractivity contribution in [3.8, 4) is 0 Å². The first kappa shape index (κ1) is 7.50. The zero-order valence-corrected chi connectivity index (χ0v) is 7.27. The molecular weight excluding hydrogens is 158 g/mol. The van der Waals surface area contributed by atoms with Crippen molar-refractivity contribution in [3.63, 3.8) is 0 Å². The highest BCUT2D eigenvalue weighted by atomic mass is 32.2. The predicted octanol–water partition coefficient (Wildman–Crippen LogP) is 1.69. The highest BCUT2D eigenvalue weighted by Crippen LogP contribution is 2.26. The van der Waals surface area contributed by atoms with Gasteiger partial charge in [-0.05, 0) is 24.7 Å². The predicted molar refractivity (Wildman–Crippen MR) is 47.2 cm³/mol. The molecule has 1 N–H and O–H groups in total.